The second-order valence-corrected chi connectivity index (χ2v) is 6.62. The number of amides is 1. The van der Waals surface area contributed by atoms with Crippen LogP contribution in [0.25, 0.3) is 10.6 Å². The Kier molecular flexibility index (Phi) is 4.35. The molecule has 0 aliphatic rings. The zero-order valence-electron chi connectivity index (χ0n) is 13.9. The van der Waals surface area contributed by atoms with Crippen molar-refractivity contribution in [3.8, 4) is 10.6 Å². The van der Waals surface area contributed by atoms with Gasteiger partial charge in [-0.15, -0.1) is 11.3 Å². The van der Waals surface area contributed by atoms with Crippen LogP contribution in [0, 0.1) is 20.8 Å². The molecule has 3 aromatic rings. The molecule has 3 heterocycles. The van der Waals surface area contributed by atoms with Crippen molar-refractivity contribution in [2.24, 2.45) is 0 Å². The van der Waals surface area contributed by atoms with Crippen LogP contribution in [0.5, 0.6) is 0 Å². The molecule has 0 spiro atoms. The van der Waals surface area contributed by atoms with Gasteiger partial charge in [-0.2, -0.15) is 0 Å². The molecule has 0 unspecified atom stereocenters. The van der Waals surface area contributed by atoms with Crippen LogP contribution in [0.2, 0.25) is 0 Å². The van der Waals surface area contributed by atoms with Crippen molar-refractivity contribution < 1.29 is 4.79 Å². The summed E-state index contributed by atoms with van der Waals surface area (Å²) >= 11 is 1.58. The van der Waals surface area contributed by atoms with Gasteiger partial charge in [-0.1, -0.05) is 6.07 Å². The third kappa shape index (κ3) is 3.16. The lowest BCUT2D eigenvalue weighted by Crippen LogP contribution is -2.29. The van der Waals surface area contributed by atoms with Crippen molar-refractivity contribution in [3.05, 3.63) is 52.6 Å². The first-order valence-electron chi connectivity index (χ1n) is 7.45. The van der Waals surface area contributed by atoms with Crippen LogP contribution in [0.15, 0.2) is 30.5 Å². The van der Waals surface area contributed by atoms with E-state index in [1.54, 1.807) is 30.6 Å². The van der Waals surface area contributed by atoms with Crippen molar-refractivity contribution in [1.82, 2.24) is 19.9 Å². The second kappa shape index (κ2) is 6.45. The SMILES string of the molecule is Cc1cccc(C(=O)N(C)c2nccc(-c3sc(C)nc3C)n2)n1. The number of pyridine rings is 1. The van der Waals surface area contributed by atoms with E-state index in [0.717, 1.165) is 27.0 Å². The number of aromatic nitrogens is 4. The minimum absolute atomic E-state index is 0.243. The van der Waals surface area contributed by atoms with Crippen molar-refractivity contribution in [1.29, 1.82) is 0 Å². The van der Waals surface area contributed by atoms with Crippen molar-refractivity contribution >= 4 is 23.2 Å². The highest BCUT2D eigenvalue weighted by molar-refractivity contribution is 7.15. The molecule has 0 atom stereocenters. The lowest BCUT2D eigenvalue weighted by atomic mass is 10.3. The predicted octanol–water partition coefficient (Wildman–Crippen LogP) is 3.20. The summed E-state index contributed by atoms with van der Waals surface area (Å²) in [5, 5.41) is 0.982. The van der Waals surface area contributed by atoms with E-state index in [0.29, 0.717) is 11.6 Å². The van der Waals surface area contributed by atoms with Gasteiger partial charge in [0.15, 0.2) is 0 Å². The Bertz CT molecular complexity index is 906. The van der Waals surface area contributed by atoms with E-state index < -0.39 is 0 Å². The number of aryl methyl sites for hydroxylation is 3. The molecular formula is C17H17N5OS. The largest absolute Gasteiger partial charge is 0.278 e. The normalized spacial score (nSPS) is 10.7. The van der Waals surface area contributed by atoms with Gasteiger partial charge in [0.1, 0.15) is 5.69 Å². The molecule has 0 saturated heterocycles. The van der Waals surface area contributed by atoms with E-state index in [-0.39, 0.29) is 5.91 Å². The monoisotopic (exact) mass is 339 g/mol. The summed E-state index contributed by atoms with van der Waals surface area (Å²) in [5.41, 5.74) is 2.85. The number of hydrogen-bond acceptors (Lipinski definition) is 6. The Hall–Kier alpha value is -2.67. The molecule has 0 fully saturated rings. The summed E-state index contributed by atoms with van der Waals surface area (Å²) in [6.07, 6.45) is 1.65. The first kappa shape index (κ1) is 16.2. The highest BCUT2D eigenvalue weighted by Gasteiger charge is 2.18. The summed E-state index contributed by atoms with van der Waals surface area (Å²) in [7, 11) is 1.65. The number of nitrogens with zero attached hydrogens (tertiary/aromatic N) is 5. The van der Waals surface area contributed by atoms with Crippen LogP contribution in [0.4, 0.5) is 5.95 Å². The number of anilines is 1. The fourth-order valence-corrected chi connectivity index (χ4v) is 3.22. The van der Waals surface area contributed by atoms with E-state index in [1.807, 2.05) is 39.0 Å². The Morgan fingerprint density at radius 3 is 2.54 bits per heavy atom. The number of rotatable bonds is 3. The first-order chi connectivity index (χ1) is 11.5. The summed E-state index contributed by atoms with van der Waals surface area (Å²) in [5.74, 6) is 0.0966. The fraction of sp³-hybridized carbons (Fsp3) is 0.235. The van der Waals surface area contributed by atoms with E-state index in [9.17, 15) is 4.79 Å². The van der Waals surface area contributed by atoms with E-state index in [2.05, 4.69) is 19.9 Å². The van der Waals surface area contributed by atoms with Crippen molar-refractivity contribution in [2.45, 2.75) is 20.8 Å². The third-order valence-electron chi connectivity index (χ3n) is 3.49. The summed E-state index contributed by atoms with van der Waals surface area (Å²) < 4.78 is 0. The van der Waals surface area contributed by atoms with Crippen molar-refractivity contribution in [2.75, 3.05) is 11.9 Å². The highest BCUT2D eigenvalue weighted by atomic mass is 32.1. The maximum Gasteiger partial charge on any atom is 0.278 e. The standard InChI is InChI=1S/C17H17N5OS/c1-10-6-5-7-14(19-10)16(23)22(4)17-18-9-8-13(21-17)15-11(2)20-12(3)24-15/h5-9H,1-4H3. The van der Waals surface area contributed by atoms with Crippen molar-refractivity contribution in [3.63, 3.8) is 0 Å². The molecule has 122 valence electrons. The number of carbonyl (C=O) groups is 1. The van der Waals surface area contributed by atoms with E-state index >= 15 is 0 Å². The summed E-state index contributed by atoms with van der Waals surface area (Å²) in [6, 6.07) is 7.17. The molecule has 3 aromatic heterocycles. The average molecular weight is 339 g/mol. The topological polar surface area (TPSA) is 71.9 Å². The molecule has 6 nitrogen and oxygen atoms in total. The second-order valence-electron chi connectivity index (χ2n) is 5.42. The summed E-state index contributed by atoms with van der Waals surface area (Å²) in [4.78, 5) is 32.4. The molecule has 0 N–H and O–H groups in total. The molecular weight excluding hydrogens is 322 g/mol. The molecule has 0 radical (unpaired) electrons. The molecule has 1 amide bonds. The first-order valence-corrected chi connectivity index (χ1v) is 8.26. The van der Waals surface area contributed by atoms with E-state index in [1.165, 1.54) is 4.90 Å². The van der Waals surface area contributed by atoms with Gasteiger partial charge in [0, 0.05) is 18.9 Å². The van der Waals surface area contributed by atoms with Gasteiger partial charge in [-0.05, 0) is 39.0 Å². The fourth-order valence-electron chi connectivity index (χ4n) is 2.33. The van der Waals surface area contributed by atoms with Gasteiger partial charge in [-0.3, -0.25) is 9.69 Å². The Balaban J connectivity index is 1.93. The van der Waals surface area contributed by atoms with Crippen LogP contribution in [-0.2, 0) is 0 Å². The molecule has 0 aromatic carbocycles. The van der Waals surface area contributed by atoms with Crippen LogP contribution in [0.3, 0.4) is 0 Å². The molecule has 7 heteroatoms. The zero-order valence-corrected chi connectivity index (χ0v) is 14.8. The van der Waals surface area contributed by atoms with Crippen LogP contribution in [0.1, 0.15) is 26.9 Å². The molecule has 0 aliphatic heterocycles. The van der Waals surface area contributed by atoms with E-state index in [4.69, 9.17) is 0 Å². The maximum absolute atomic E-state index is 12.6. The smallest absolute Gasteiger partial charge is 0.278 e. The number of carbonyl (C=O) groups excluding carboxylic acids is 1. The Morgan fingerprint density at radius 1 is 1.08 bits per heavy atom. The minimum Gasteiger partial charge on any atom is -0.278 e. The number of thiazole rings is 1. The minimum atomic E-state index is -0.243. The van der Waals surface area contributed by atoms with Crippen LogP contribution < -0.4 is 4.90 Å². The Morgan fingerprint density at radius 2 is 1.88 bits per heavy atom. The van der Waals surface area contributed by atoms with Gasteiger partial charge in [0.2, 0.25) is 5.95 Å². The van der Waals surface area contributed by atoms with Crippen LogP contribution in [-0.4, -0.2) is 32.9 Å². The maximum atomic E-state index is 12.6. The van der Waals surface area contributed by atoms with Gasteiger partial charge >= 0.3 is 0 Å². The van der Waals surface area contributed by atoms with Gasteiger partial charge in [0.05, 0.1) is 21.3 Å². The highest BCUT2D eigenvalue weighted by Crippen LogP contribution is 2.28. The quantitative estimate of drug-likeness (QED) is 0.733. The Labute approximate surface area is 144 Å². The average Bonchev–Trinajstić information content (AvgIpc) is 2.92. The molecule has 24 heavy (non-hydrogen) atoms. The lowest BCUT2D eigenvalue weighted by molar-refractivity contribution is 0.0986. The van der Waals surface area contributed by atoms with Gasteiger partial charge < -0.3 is 0 Å². The van der Waals surface area contributed by atoms with Gasteiger partial charge in [-0.25, -0.2) is 19.9 Å². The number of hydrogen-bond donors (Lipinski definition) is 0. The molecule has 0 aliphatic carbocycles. The predicted molar refractivity (Wildman–Crippen MR) is 94.3 cm³/mol. The molecule has 3 rings (SSSR count). The molecule has 0 saturated carbocycles. The molecule has 0 bridgehead atoms. The third-order valence-corrected chi connectivity index (χ3v) is 4.59. The van der Waals surface area contributed by atoms with Crippen LogP contribution >= 0.6 is 11.3 Å². The zero-order chi connectivity index (χ0) is 17.3. The lowest BCUT2D eigenvalue weighted by Gasteiger charge is -2.15. The summed E-state index contributed by atoms with van der Waals surface area (Å²) in [6.45, 7) is 5.76. The van der Waals surface area contributed by atoms with Gasteiger partial charge in [0.25, 0.3) is 5.91 Å².